The summed E-state index contributed by atoms with van der Waals surface area (Å²) in [6.07, 6.45) is 0. The summed E-state index contributed by atoms with van der Waals surface area (Å²) in [5.41, 5.74) is 7.83. The van der Waals surface area contributed by atoms with Crippen molar-refractivity contribution in [3.05, 3.63) is 65.7 Å². The van der Waals surface area contributed by atoms with Crippen LogP contribution in [0, 0.1) is 0 Å². The van der Waals surface area contributed by atoms with Crippen LogP contribution in [0.5, 0.6) is 0 Å². The van der Waals surface area contributed by atoms with Crippen molar-refractivity contribution in [3.8, 4) is 0 Å². The van der Waals surface area contributed by atoms with Crippen LogP contribution in [0.3, 0.4) is 0 Å². The standard InChI is InChI=1S/C15H18N2O2S/c1-12(14-7-3-2-4-8-14)17-20(18,19)11-13-6-5-9-15(16)10-13/h2-10,12,17H,11,16H2,1H3/t12-/m1/s1. The van der Waals surface area contributed by atoms with Gasteiger partial charge in [0, 0.05) is 11.7 Å². The molecule has 20 heavy (non-hydrogen) atoms. The van der Waals surface area contributed by atoms with Crippen LogP contribution < -0.4 is 10.5 Å². The summed E-state index contributed by atoms with van der Waals surface area (Å²) in [5.74, 6) is -0.0742. The summed E-state index contributed by atoms with van der Waals surface area (Å²) in [5, 5.41) is 0. The van der Waals surface area contributed by atoms with E-state index in [1.165, 1.54) is 0 Å². The molecule has 0 aliphatic rings. The van der Waals surface area contributed by atoms with Gasteiger partial charge in [-0.2, -0.15) is 0 Å². The molecule has 2 rings (SSSR count). The fraction of sp³-hybridized carbons (Fsp3) is 0.200. The Balaban J connectivity index is 2.08. The number of hydrogen-bond acceptors (Lipinski definition) is 3. The third kappa shape index (κ3) is 4.08. The summed E-state index contributed by atoms with van der Waals surface area (Å²) in [6.45, 7) is 1.83. The fourth-order valence-electron chi connectivity index (χ4n) is 2.02. The minimum atomic E-state index is -3.40. The van der Waals surface area contributed by atoms with E-state index in [0.717, 1.165) is 5.56 Å². The number of sulfonamides is 1. The average Bonchev–Trinajstić information content (AvgIpc) is 2.38. The Morgan fingerprint density at radius 3 is 2.45 bits per heavy atom. The van der Waals surface area contributed by atoms with Gasteiger partial charge in [0.15, 0.2) is 0 Å². The maximum Gasteiger partial charge on any atom is 0.216 e. The molecule has 2 aromatic carbocycles. The van der Waals surface area contributed by atoms with E-state index in [9.17, 15) is 8.42 Å². The second kappa shape index (κ2) is 6.07. The number of nitrogens with one attached hydrogen (secondary N) is 1. The maximum atomic E-state index is 12.1. The number of anilines is 1. The average molecular weight is 290 g/mol. The van der Waals surface area contributed by atoms with Crippen molar-refractivity contribution >= 4 is 15.7 Å². The van der Waals surface area contributed by atoms with Gasteiger partial charge >= 0.3 is 0 Å². The Labute approximate surface area is 119 Å². The molecule has 2 aromatic rings. The highest BCUT2D eigenvalue weighted by molar-refractivity contribution is 7.88. The molecule has 0 spiro atoms. The van der Waals surface area contributed by atoms with Crippen LogP contribution in [0.15, 0.2) is 54.6 Å². The zero-order valence-corrected chi connectivity index (χ0v) is 12.1. The molecule has 4 nitrogen and oxygen atoms in total. The van der Waals surface area contributed by atoms with Gasteiger partial charge < -0.3 is 5.73 Å². The molecule has 1 atom stereocenters. The highest BCUT2D eigenvalue weighted by atomic mass is 32.2. The molecule has 0 radical (unpaired) electrons. The topological polar surface area (TPSA) is 72.2 Å². The summed E-state index contributed by atoms with van der Waals surface area (Å²) in [6, 6.07) is 16.1. The minimum absolute atomic E-state index is 0.0742. The molecule has 0 fully saturated rings. The van der Waals surface area contributed by atoms with Crippen LogP contribution in [0.4, 0.5) is 5.69 Å². The van der Waals surface area contributed by atoms with Gasteiger partial charge in [0.05, 0.1) is 5.75 Å². The van der Waals surface area contributed by atoms with Gasteiger partial charge in [-0.05, 0) is 30.2 Å². The number of benzene rings is 2. The molecule has 0 aromatic heterocycles. The van der Waals surface area contributed by atoms with Gasteiger partial charge in [0.25, 0.3) is 0 Å². The Hall–Kier alpha value is -1.85. The normalized spacial score (nSPS) is 13.1. The number of rotatable bonds is 5. The zero-order chi connectivity index (χ0) is 14.6. The second-order valence-electron chi connectivity index (χ2n) is 4.75. The highest BCUT2D eigenvalue weighted by Gasteiger charge is 2.16. The van der Waals surface area contributed by atoms with E-state index in [1.54, 1.807) is 24.3 Å². The Morgan fingerprint density at radius 1 is 1.10 bits per heavy atom. The molecule has 0 aliphatic carbocycles. The van der Waals surface area contributed by atoms with Gasteiger partial charge in [-0.15, -0.1) is 0 Å². The second-order valence-corrected chi connectivity index (χ2v) is 6.51. The van der Waals surface area contributed by atoms with Gasteiger partial charge in [0.2, 0.25) is 10.0 Å². The third-order valence-electron chi connectivity index (χ3n) is 2.96. The van der Waals surface area contributed by atoms with Crippen LogP contribution >= 0.6 is 0 Å². The largest absolute Gasteiger partial charge is 0.399 e. The van der Waals surface area contributed by atoms with E-state index in [2.05, 4.69) is 4.72 Å². The lowest BCUT2D eigenvalue weighted by molar-refractivity contribution is 0.566. The quantitative estimate of drug-likeness (QED) is 0.831. The predicted octanol–water partition coefficient (Wildman–Crippen LogP) is 2.45. The van der Waals surface area contributed by atoms with Gasteiger partial charge in [-0.25, -0.2) is 13.1 Å². The van der Waals surface area contributed by atoms with E-state index in [4.69, 9.17) is 5.73 Å². The lowest BCUT2D eigenvalue weighted by Gasteiger charge is -2.14. The molecule has 0 unspecified atom stereocenters. The highest BCUT2D eigenvalue weighted by Crippen LogP contribution is 2.15. The first-order valence-corrected chi connectivity index (χ1v) is 8.01. The first-order chi connectivity index (χ1) is 9.46. The molecular formula is C15H18N2O2S. The lowest BCUT2D eigenvalue weighted by atomic mass is 10.1. The summed E-state index contributed by atoms with van der Waals surface area (Å²) >= 11 is 0. The Bertz CT molecular complexity index is 669. The van der Waals surface area contributed by atoms with Crippen LogP contribution in [0.1, 0.15) is 24.1 Å². The van der Waals surface area contributed by atoms with Crippen LogP contribution in [-0.2, 0) is 15.8 Å². The first-order valence-electron chi connectivity index (χ1n) is 6.36. The number of hydrogen-bond donors (Lipinski definition) is 2. The molecule has 0 saturated carbocycles. The fourth-order valence-corrected chi connectivity index (χ4v) is 3.40. The third-order valence-corrected chi connectivity index (χ3v) is 4.39. The van der Waals surface area contributed by atoms with Crippen molar-refractivity contribution in [1.29, 1.82) is 0 Å². The van der Waals surface area contributed by atoms with E-state index in [1.807, 2.05) is 37.3 Å². The molecule has 0 amide bonds. The SMILES string of the molecule is C[C@@H](NS(=O)(=O)Cc1cccc(N)c1)c1ccccc1. The van der Waals surface area contributed by atoms with E-state index in [0.29, 0.717) is 11.3 Å². The van der Waals surface area contributed by atoms with E-state index < -0.39 is 10.0 Å². The Morgan fingerprint density at radius 2 is 1.80 bits per heavy atom. The van der Waals surface area contributed by atoms with Gasteiger partial charge in [-0.1, -0.05) is 42.5 Å². The monoisotopic (exact) mass is 290 g/mol. The lowest BCUT2D eigenvalue weighted by Crippen LogP contribution is -2.28. The smallest absolute Gasteiger partial charge is 0.216 e. The maximum absolute atomic E-state index is 12.1. The summed E-state index contributed by atoms with van der Waals surface area (Å²) in [4.78, 5) is 0. The van der Waals surface area contributed by atoms with E-state index in [-0.39, 0.29) is 11.8 Å². The van der Waals surface area contributed by atoms with Crippen molar-refractivity contribution in [2.45, 2.75) is 18.7 Å². The molecule has 3 N–H and O–H groups in total. The minimum Gasteiger partial charge on any atom is -0.399 e. The van der Waals surface area contributed by atoms with Gasteiger partial charge in [-0.3, -0.25) is 0 Å². The molecule has 0 heterocycles. The Kier molecular flexibility index (Phi) is 4.42. The van der Waals surface area contributed by atoms with Crippen molar-refractivity contribution in [2.75, 3.05) is 5.73 Å². The molecule has 5 heteroatoms. The van der Waals surface area contributed by atoms with Crippen LogP contribution in [0.25, 0.3) is 0 Å². The zero-order valence-electron chi connectivity index (χ0n) is 11.3. The molecule has 0 bridgehead atoms. The van der Waals surface area contributed by atoms with Crippen molar-refractivity contribution in [3.63, 3.8) is 0 Å². The number of nitrogens with two attached hydrogens (primary N) is 1. The van der Waals surface area contributed by atoms with Crippen molar-refractivity contribution in [2.24, 2.45) is 0 Å². The molecule has 0 saturated heterocycles. The van der Waals surface area contributed by atoms with Crippen LogP contribution in [-0.4, -0.2) is 8.42 Å². The summed E-state index contributed by atoms with van der Waals surface area (Å²) < 4.78 is 27.0. The van der Waals surface area contributed by atoms with Crippen molar-refractivity contribution in [1.82, 2.24) is 4.72 Å². The van der Waals surface area contributed by atoms with Gasteiger partial charge in [0.1, 0.15) is 0 Å². The number of nitrogen functional groups attached to an aromatic ring is 1. The first kappa shape index (κ1) is 14.6. The van der Waals surface area contributed by atoms with E-state index >= 15 is 0 Å². The van der Waals surface area contributed by atoms with Crippen molar-refractivity contribution < 1.29 is 8.42 Å². The predicted molar refractivity (Wildman–Crippen MR) is 81.5 cm³/mol. The summed E-state index contributed by atoms with van der Waals surface area (Å²) in [7, 11) is -3.40. The molecule has 106 valence electrons. The molecule has 0 aliphatic heterocycles. The molecular weight excluding hydrogens is 272 g/mol. The van der Waals surface area contributed by atoms with Crippen LogP contribution in [0.2, 0.25) is 0 Å².